The molecule has 0 aromatic carbocycles. The Balaban J connectivity index is 2.87. The average Bonchev–Trinajstić information content (AvgIpc) is 2.41. The van der Waals surface area contributed by atoms with Crippen LogP contribution in [0.25, 0.3) is 0 Å². The summed E-state index contributed by atoms with van der Waals surface area (Å²) in [6.07, 6.45) is 1.73. The number of hydrazone groups is 1. The second kappa shape index (κ2) is 4.93. The molecule has 0 aliphatic carbocycles. The van der Waals surface area contributed by atoms with E-state index in [2.05, 4.69) is 54.1 Å². The van der Waals surface area contributed by atoms with Gasteiger partial charge in [0.15, 0.2) is 5.11 Å². The van der Waals surface area contributed by atoms with E-state index in [9.17, 15) is 0 Å². The molecule has 82 valence electrons. The van der Waals surface area contributed by atoms with Gasteiger partial charge >= 0.3 is 0 Å². The number of nitrogens with two attached hydrogens (primary N) is 1. The maximum absolute atomic E-state index is 5.26. The van der Waals surface area contributed by atoms with Crippen LogP contribution in [0.4, 0.5) is 0 Å². The van der Waals surface area contributed by atoms with Gasteiger partial charge in [0.2, 0.25) is 0 Å². The summed E-state index contributed by atoms with van der Waals surface area (Å²) in [5.41, 5.74) is 11.3. The SMILES string of the molecule is CCn1c(C)cc(C=NNC(N)=S)c1C. The number of hydrogen-bond acceptors (Lipinski definition) is 2. The summed E-state index contributed by atoms with van der Waals surface area (Å²) in [6, 6.07) is 2.09. The summed E-state index contributed by atoms with van der Waals surface area (Å²) in [7, 11) is 0. The number of hydrogen-bond donors (Lipinski definition) is 2. The van der Waals surface area contributed by atoms with Crippen LogP contribution >= 0.6 is 12.2 Å². The number of nitrogens with zero attached hydrogens (tertiary/aromatic N) is 2. The first kappa shape index (κ1) is 11.7. The van der Waals surface area contributed by atoms with Gasteiger partial charge in [-0.05, 0) is 39.1 Å². The van der Waals surface area contributed by atoms with E-state index in [0.717, 1.165) is 12.1 Å². The molecule has 0 unspecified atom stereocenters. The van der Waals surface area contributed by atoms with Gasteiger partial charge in [0, 0.05) is 23.5 Å². The highest BCUT2D eigenvalue weighted by molar-refractivity contribution is 7.80. The summed E-state index contributed by atoms with van der Waals surface area (Å²) >= 11 is 4.65. The minimum atomic E-state index is 0.176. The predicted octanol–water partition coefficient (Wildman–Crippen LogP) is 1.29. The second-order valence-electron chi connectivity index (χ2n) is 3.30. The minimum Gasteiger partial charge on any atom is -0.375 e. The molecule has 0 aliphatic heterocycles. The monoisotopic (exact) mass is 224 g/mol. The van der Waals surface area contributed by atoms with E-state index in [4.69, 9.17) is 5.73 Å². The molecule has 4 nitrogen and oxygen atoms in total. The topological polar surface area (TPSA) is 55.3 Å². The van der Waals surface area contributed by atoms with Crippen LogP contribution in [0.3, 0.4) is 0 Å². The number of rotatable bonds is 3. The Kier molecular flexibility index (Phi) is 3.85. The molecule has 0 aliphatic rings. The molecule has 1 rings (SSSR count). The standard InChI is InChI=1S/C10H16N4S/c1-4-14-7(2)5-9(8(14)3)6-12-13-10(11)15/h5-6H,4H2,1-3H3,(H3,11,13,15). The van der Waals surface area contributed by atoms with Crippen molar-refractivity contribution in [1.82, 2.24) is 9.99 Å². The van der Waals surface area contributed by atoms with E-state index in [1.807, 2.05) is 0 Å². The maximum Gasteiger partial charge on any atom is 0.184 e. The summed E-state index contributed by atoms with van der Waals surface area (Å²) in [5, 5.41) is 4.11. The van der Waals surface area contributed by atoms with Crippen LogP contribution in [0, 0.1) is 13.8 Å². The summed E-state index contributed by atoms with van der Waals surface area (Å²) in [5.74, 6) is 0. The van der Waals surface area contributed by atoms with Gasteiger partial charge in [-0.3, -0.25) is 5.43 Å². The van der Waals surface area contributed by atoms with Crippen molar-refractivity contribution < 1.29 is 0 Å². The normalized spacial score (nSPS) is 10.9. The molecule has 0 atom stereocenters. The van der Waals surface area contributed by atoms with Gasteiger partial charge in [-0.2, -0.15) is 5.10 Å². The largest absolute Gasteiger partial charge is 0.375 e. The Hall–Kier alpha value is -1.36. The Morgan fingerprint density at radius 3 is 2.80 bits per heavy atom. The van der Waals surface area contributed by atoms with Crippen molar-refractivity contribution in [3.63, 3.8) is 0 Å². The smallest absolute Gasteiger partial charge is 0.184 e. The van der Waals surface area contributed by atoms with Crippen LogP contribution in [0.15, 0.2) is 11.2 Å². The summed E-state index contributed by atoms with van der Waals surface area (Å²) < 4.78 is 2.22. The van der Waals surface area contributed by atoms with Crippen molar-refractivity contribution in [1.29, 1.82) is 0 Å². The molecular formula is C10H16N4S. The molecule has 0 radical (unpaired) electrons. The molecule has 0 fully saturated rings. The lowest BCUT2D eigenvalue weighted by molar-refractivity contribution is 0.718. The van der Waals surface area contributed by atoms with Crippen LogP contribution in [0.2, 0.25) is 0 Å². The van der Waals surface area contributed by atoms with E-state index in [1.165, 1.54) is 11.4 Å². The highest BCUT2D eigenvalue weighted by Gasteiger charge is 2.04. The van der Waals surface area contributed by atoms with Crippen LogP contribution in [-0.2, 0) is 6.54 Å². The third-order valence-electron chi connectivity index (χ3n) is 2.31. The van der Waals surface area contributed by atoms with E-state index in [0.29, 0.717) is 0 Å². The first-order chi connectivity index (χ1) is 7.06. The van der Waals surface area contributed by atoms with Gasteiger partial charge in [0.1, 0.15) is 0 Å². The van der Waals surface area contributed by atoms with Crippen molar-refractivity contribution in [2.45, 2.75) is 27.3 Å². The Labute approximate surface area is 95.2 Å². The number of thiocarbonyl (C=S) groups is 1. The predicted molar refractivity (Wildman–Crippen MR) is 67.1 cm³/mol. The highest BCUT2D eigenvalue weighted by Crippen LogP contribution is 2.12. The van der Waals surface area contributed by atoms with E-state index in [1.54, 1.807) is 6.21 Å². The zero-order chi connectivity index (χ0) is 11.4. The fraction of sp³-hybridized carbons (Fsp3) is 0.400. The molecule has 15 heavy (non-hydrogen) atoms. The minimum absolute atomic E-state index is 0.176. The number of aryl methyl sites for hydroxylation is 1. The Bertz CT molecular complexity index is 392. The van der Waals surface area contributed by atoms with Gasteiger partial charge in [-0.1, -0.05) is 0 Å². The number of aromatic nitrogens is 1. The molecule has 0 amide bonds. The van der Waals surface area contributed by atoms with Crippen molar-refractivity contribution in [3.05, 3.63) is 23.0 Å². The lowest BCUT2D eigenvalue weighted by atomic mass is 10.3. The van der Waals surface area contributed by atoms with Crippen LogP contribution in [-0.4, -0.2) is 15.9 Å². The zero-order valence-electron chi connectivity index (χ0n) is 9.24. The quantitative estimate of drug-likeness (QED) is 0.462. The van der Waals surface area contributed by atoms with Gasteiger partial charge < -0.3 is 10.3 Å². The van der Waals surface area contributed by atoms with Crippen LogP contribution in [0.5, 0.6) is 0 Å². The zero-order valence-corrected chi connectivity index (χ0v) is 10.1. The highest BCUT2D eigenvalue weighted by atomic mass is 32.1. The molecular weight excluding hydrogens is 208 g/mol. The van der Waals surface area contributed by atoms with Crippen molar-refractivity contribution in [2.24, 2.45) is 10.8 Å². The van der Waals surface area contributed by atoms with Gasteiger partial charge in [-0.15, -0.1) is 0 Å². The van der Waals surface area contributed by atoms with E-state index >= 15 is 0 Å². The first-order valence-electron chi connectivity index (χ1n) is 4.81. The molecule has 3 N–H and O–H groups in total. The summed E-state index contributed by atoms with van der Waals surface area (Å²) in [6.45, 7) is 7.23. The van der Waals surface area contributed by atoms with E-state index in [-0.39, 0.29) is 5.11 Å². The fourth-order valence-corrected chi connectivity index (χ4v) is 1.66. The average molecular weight is 224 g/mol. The molecule has 1 aromatic rings. The fourth-order valence-electron chi connectivity index (χ4n) is 1.61. The molecule has 0 spiro atoms. The summed E-state index contributed by atoms with van der Waals surface area (Å²) in [4.78, 5) is 0. The molecule has 0 bridgehead atoms. The van der Waals surface area contributed by atoms with Crippen LogP contribution in [0.1, 0.15) is 23.9 Å². The van der Waals surface area contributed by atoms with E-state index < -0.39 is 0 Å². The molecule has 1 aromatic heterocycles. The second-order valence-corrected chi connectivity index (χ2v) is 3.74. The van der Waals surface area contributed by atoms with Crippen LogP contribution < -0.4 is 11.2 Å². The lowest BCUT2D eigenvalue weighted by Gasteiger charge is -2.04. The third-order valence-corrected chi connectivity index (χ3v) is 2.40. The Morgan fingerprint density at radius 1 is 1.67 bits per heavy atom. The van der Waals surface area contributed by atoms with Gasteiger partial charge in [-0.25, -0.2) is 0 Å². The van der Waals surface area contributed by atoms with Gasteiger partial charge in [0.05, 0.1) is 6.21 Å². The van der Waals surface area contributed by atoms with Crippen molar-refractivity contribution in [2.75, 3.05) is 0 Å². The first-order valence-corrected chi connectivity index (χ1v) is 5.22. The molecule has 0 saturated heterocycles. The number of nitrogens with one attached hydrogen (secondary N) is 1. The third kappa shape index (κ3) is 2.79. The van der Waals surface area contributed by atoms with Gasteiger partial charge in [0.25, 0.3) is 0 Å². The molecule has 1 heterocycles. The molecule has 5 heteroatoms. The Morgan fingerprint density at radius 2 is 2.33 bits per heavy atom. The molecule has 0 saturated carbocycles. The maximum atomic E-state index is 5.26. The van der Waals surface area contributed by atoms with Crippen molar-refractivity contribution >= 4 is 23.5 Å². The van der Waals surface area contributed by atoms with Crippen molar-refractivity contribution in [3.8, 4) is 0 Å². The lowest BCUT2D eigenvalue weighted by Crippen LogP contribution is -2.24.